The van der Waals surface area contributed by atoms with E-state index in [0.717, 1.165) is 18.2 Å². The monoisotopic (exact) mass is 242 g/mol. The molecule has 0 spiro atoms. The summed E-state index contributed by atoms with van der Waals surface area (Å²) in [4.78, 5) is 21.1. The van der Waals surface area contributed by atoms with Gasteiger partial charge in [0.2, 0.25) is 5.82 Å². The van der Waals surface area contributed by atoms with Crippen molar-refractivity contribution in [3.8, 4) is 0 Å². The zero-order valence-electron chi connectivity index (χ0n) is 9.01. The molecule has 0 unspecified atom stereocenters. The van der Waals surface area contributed by atoms with Crippen LogP contribution in [0, 0.1) is 15.9 Å². The predicted octanol–water partition coefficient (Wildman–Crippen LogP) is 0.845. The highest BCUT2D eigenvalue weighted by atomic mass is 19.1. The second-order valence-electron chi connectivity index (χ2n) is 3.48. The first kappa shape index (κ1) is 13.0. The van der Waals surface area contributed by atoms with Gasteiger partial charge in [-0.15, -0.1) is 0 Å². The van der Waals surface area contributed by atoms with Crippen LogP contribution in [0.3, 0.4) is 0 Å². The molecule has 0 radical (unpaired) electrons. The molecule has 1 atom stereocenters. The average molecular weight is 242 g/mol. The van der Waals surface area contributed by atoms with Gasteiger partial charge in [0.25, 0.3) is 5.91 Å². The van der Waals surface area contributed by atoms with E-state index in [4.69, 9.17) is 5.11 Å². The molecule has 1 rings (SSSR count). The molecule has 1 aromatic rings. The lowest BCUT2D eigenvalue weighted by Gasteiger charge is -2.10. The molecule has 0 aromatic heterocycles. The number of carbonyl (C=O) groups is 1. The zero-order chi connectivity index (χ0) is 13.0. The normalized spacial score (nSPS) is 11.9. The zero-order valence-corrected chi connectivity index (χ0v) is 9.01. The van der Waals surface area contributed by atoms with Crippen LogP contribution in [0.4, 0.5) is 10.1 Å². The van der Waals surface area contributed by atoms with Gasteiger partial charge in [0.1, 0.15) is 0 Å². The van der Waals surface area contributed by atoms with Gasteiger partial charge in [0.05, 0.1) is 11.5 Å². The molecule has 0 saturated carbocycles. The summed E-state index contributed by atoms with van der Waals surface area (Å²) in [5, 5.41) is 21.6. The Hall–Kier alpha value is -2.02. The molecule has 6 nitrogen and oxygen atoms in total. The third-order valence-corrected chi connectivity index (χ3v) is 2.06. The summed E-state index contributed by atoms with van der Waals surface area (Å²) >= 11 is 0. The van der Waals surface area contributed by atoms with Crippen LogP contribution in [0.1, 0.15) is 17.3 Å². The summed E-state index contributed by atoms with van der Waals surface area (Å²) < 4.78 is 13.0. The summed E-state index contributed by atoms with van der Waals surface area (Å²) in [5.41, 5.74) is -0.785. The topological polar surface area (TPSA) is 92.5 Å². The number of rotatable bonds is 4. The number of halogens is 1. The molecule has 1 amide bonds. The fourth-order valence-electron chi connectivity index (χ4n) is 1.15. The van der Waals surface area contributed by atoms with Crippen molar-refractivity contribution in [2.75, 3.05) is 6.61 Å². The molecule has 2 N–H and O–H groups in total. The Labute approximate surface area is 96.2 Å². The molecule has 92 valence electrons. The van der Waals surface area contributed by atoms with Gasteiger partial charge in [-0.25, -0.2) is 0 Å². The summed E-state index contributed by atoms with van der Waals surface area (Å²) in [6.07, 6.45) is 0. The third-order valence-electron chi connectivity index (χ3n) is 2.06. The molecule has 0 fully saturated rings. The van der Waals surface area contributed by atoms with Crippen molar-refractivity contribution in [2.45, 2.75) is 13.0 Å². The first-order chi connectivity index (χ1) is 7.95. The summed E-state index contributed by atoms with van der Waals surface area (Å²) in [5.74, 6) is -1.60. The van der Waals surface area contributed by atoms with Crippen molar-refractivity contribution in [1.29, 1.82) is 0 Å². The Morgan fingerprint density at radius 2 is 2.29 bits per heavy atom. The van der Waals surface area contributed by atoms with E-state index in [-0.39, 0.29) is 12.2 Å². The van der Waals surface area contributed by atoms with Crippen molar-refractivity contribution in [2.24, 2.45) is 0 Å². The summed E-state index contributed by atoms with van der Waals surface area (Å²) in [6.45, 7) is 1.31. The lowest BCUT2D eigenvalue weighted by molar-refractivity contribution is -0.387. The largest absolute Gasteiger partial charge is 0.394 e. The molecule has 17 heavy (non-hydrogen) atoms. The Bertz CT molecular complexity index is 450. The molecular formula is C10H11FN2O4. The van der Waals surface area contributed by atoms with Gasteiger partial charge in [0, 0.05) is 17.7 Å². The van der Waals surface area contributed by atoms with Crippen molar-refractivity contribution in [3.05, 3.63) is 39.7 Å². The maximum absolute atomic E-state index is 13.0. The van der Waals surface area contributed by atoms with Gasteiger partial charge in [0.15, 0.2) is 0 Å². The molecule has 0 aliphatic carbocycles. The van der Waals surface area contributed by atoms with Gasteiger partial charge >= 0.3 is 5.69 Å². The van der Waals surface area contributed by atoms with Crippen LogP contribution >= 0.6 is 0 Å². The number of nitrogens with one attached hydrogen (secondary N) is 1. The van der Waals surface area contributed by atoms with Crippen LogP contribution in [0.2, 0.25) is 0 Å². The van der Waals surface area contributed by atoms with Crippen LogP contribution in [-0.4, -0.2) is 28.6 Å². The number of aliphatic hydroxyl groups is 1. The predicted molar refractivity (Wildman–Crippen MR) is 57.1 cm³/mol. The van der Waals surface area contributed by atoms with Crippen LogP contribution in [0.15, 0.2) is 18.2 Å². The van der Waals surface area contributed by atoms with Crippen molar-refractivity contribution in [3.63, 3.8) is 0 Å². The van der Waals surface area contributed by atoms with E-state index in [1.807, 2.05) is 0 Å². The van der Waals surface area contributed by atoms with Crippen LogP contribution in [0.5, 0.6) is 0 Å². The number of amides is 1. The van der Waals surface area contributed by atoms with Gasteiger partial charge in [-0.3, -0.25) is 14.9 Å². The molecule has 0 heterocycles. The molecular weight excluding hydrogens is 231 g/mol. The number of hydrogen-bond donors (Lipinski definition) is 2. The Balaban J connectivity index is 2.96. The van der Waals surface area contributed by atoms with E-state index in [2.05, 4.69) is 5.32 Å². The Morgan fingerprint density at radius 1 is 1.65 bits per heavy atom. The van der Waals surface area contributed by atoms with Gasteiger partial charge in [-0.2, -0.15) is 4.39 Å². The van der Waals surface area contributed by atoms with E-state index in [9.17, 15) is 19.3 Å². The highest BCUT2D eigenvalue weighted by Gasteiger charge is 2.18. The average Bonchev–Trinajstić information content (AvgIpc) is 2.28. The van der Waals surface area contributed by atoms with Gasteiger partial charge in [-0.05, 0) is 19.1 Å². The van der Waals surface area contributed by atoms with Crippen molar-refractivity contribution in [1.82, 2.24) is 5.32 Å². The molecule has 1 aromatic carbocycles. The SMILES string of the molecule is C[C@@H](CO)NC(=O)c1ccc(F)c([N+](=O)[O-])c1. The number of nitro benzene ring substituents is 1. The number of hydrogen-bond acceptors (Lipinski definition) is 4. The number of nitro groups is 1. The molecule has 0 bridgehead atoms. The second-order valence-corrected chi connectivity index (χ2v) is 3.48. The van der Waals surface area contributed by atoms with Crippen LogP contribution in [-0.2, 0) is 0 Å². The van der Waals surface area contributed by atoms with Crippen molar-refractivity contribution >= 4 is 11.6 Å². The van der Waals surface area contributed by atoms with E-state index in [0.29, 0.717) is 0 Å². The highest BCUT2D eigenvalue weighted by molar-refractivity contribution is 5.95. The second kappa shape index (κ2) is 5.35. The minimum atomic E-state index is -0.998. The molecule has 0 saturated heterocycles. The van der Waals surface area contributed by atoms with Crippen LogP contribution < -0.4 is 5.32 Å². The fourth-order valence-corrected chi connectivity index (χ4v) is 1.15. The maximum Gasteiger partial charge on any atom is 0.305 e. The van der Waals surface area contributed by atoms with Crippen LogP contribution in [0.25, 0.3) is 0 Å². The van der Waals surface area contributed by atoms with Gasteiger partial charge in [-0.1, -0.05) is 0 Å². The Morgan fingerprint density at radius 3 is 2.82 bits per heavy atom. The minimum absolute atomic E-state index is 0.0293. The lowest BCUT2D eigenvalue weighted by atomic mass is 10.1. The first-order valence-corrected chi connectivity index (χ1v) is 4.81. The maximum atomic E-state index is 13.0. The van der Waals surface area contributed by atoms with E-state index < -0.39 is 28.4 Å². The Kier molecular flexibility index (Phi) is 4.11. The van der Waals surface area contributed by atoms with E-state index in [1.54, 1.807) is 6.92 Å². The summed E-state index contributed by atoms with van der Waals surface area (Å²) in [7, 11) is 0. The molecule has 0 aliphatic rings. The first-order valence-electron chi connectivity index (χ1n) is 4.81. The third kappa shape index (κ3) is 3.22. The smallest absolute Gasteiger partial charge is 0.305 e. The molecule has 7 heteroatoms. The number of nitrogens with zero attached hydrogens (tertiary/aromatic N) is 1. The highest BCUT2D eigenvalue weighted by Crippen LogP contribution is 2.18. The minimum Gasteiger partial charge on any atom is -0.394 e. The van der Waals surface area contributed by atoms with Gasteiger partial charge < -0.3 is 10.4 Å². The standard InChI is InChI=1S/C10H11FN2O4/c1-6(5-14)12-10(15)7-2-3-8(11)9(4-7)13(16)17/h2-4,6,14H,5H2,1H3,(H,12,15)/t6-/m0/s1. The van der Waals surface area contributed by atoms with E-state index in [1.165, 1.54) is 0 Å². The number of carbonyl (C=O) groups excluding carboxylic acids is 1. The van der Waals surface area contributed by atoms with E-state index >= 15 is 0 Å². The van der Waals surface area contributed by atoms with Crippen molar-refractivity contribution < 1.29 is 19.2 Å². The molecule has 0 aliphatic heterocycles. The quantitative estimate of drug-likeness (QED) is 0.604. The number of benzene rings is 1. The summed E-state index contributed by atoms with van der Waals surface area (Å²) in [6, 6.07) is 2.37. The fraction of sp³-hybridized carbons (Fsp3) is 0.300. The number of aliphatic hydroxyl groups excluding tert-OH is 1. The lowest BCUT2D eigenvalue weighted by Crippen LogP contribution is -2.35.